The van der Waals surface area contributed by atoms with Gasteiger partial charge in [0.05, 0.1) is 4.88 Å². The van der Waals surface area contributed by atoms with E-state index in [0.29, 0.717) is 4.77 Å². The standard InChI is InChI=1S/C9H11N3S2/c1-3-6-4-5-7(14-6)8-10-9(13)12(2)11-8/h4-5H,3H2,1-2H3,(H,10,11,13). The molecule has 0 spiro atoms. The SMILES string of the molecule is CCc1ccc(-c2nc(=S)n(C)[nH]2)s1. The van der Waals surface area contributed by atoms with Crippen molar-refractivity contribution < 1.29 is 0 Å². The third kappa shape index (κ3) is 1.65. The predicted octanol–water partition coefficient (Wildman–Crippen LogP) is 2.77. The lowest BCUT2D eigenvalue weighted by atomic mass is 10.3. The van der Waals surface area contributed by atoms with Crippen LogP contribution in [0.25, 0.3) is 10.7 Å². The fraction of sp³-hybridized carbons (Fsp3) is 0.333. The first-order chi connectivity index (χ1) is 6.70. The fourth-order valence-electron chi connectivity index (χ4n) is 1.21. The van der Waals surface area contributed by atoms with Crippen LogP contribution in [-0.4, -0.2) is 14.8 Å². The molecule has 0 fully saturated rings. The summed E-state index contributed by atoms with van der Waals surface area (Å²) >= 11 is 6.79. The molecule has 1 N–H and O–H groups in total. The van der Waals surface area contributed by atoms with E-state index in [9.17, 15) is 0 Å². The van der Waals surface area contributed by atoms with Crippen LogP contribution in [0.4, 0.5) is 0 Å². The number of H-pyrrole nitrogens is 1. The molecule has 3 nitrogen and oxygen atoms in total. The summed E-state index contributed by atoms with van der Waals surface area (Å²) in [6.45, 7) is 2.15. The maximum Gasteiger partial charge on any atom is 0.216 e. The lowest BCUT2D eigenvalue weighted by Gasteiger charge is -1.89. The van der Waals surface area contributed by atoms with E-state index in [2.05, 4.69) is 29.1 Å². The van der Waals surface area contributed by atoms with E-state index in [1.165, 1.54) is 4.88 Å². The van der Waals surface area contributed by atoms with E-state index in [-0.39, 0.29) is 0 Å². The van der Waals surface area contributed by atoms with Gasteiger partial charge in [0.1, 0.15) is 0 Å². The van der Waals surface area contributed by atoms with Crippen molar-refractivity contribution in [2.75, 3.05) is 0 Å². The molecule has 2 aromatic heterocycles. The van der Waals surface area contributed by atoms with E-state index in [1.54, 1.807) is 16.0 Å². The van der Waals surface area contributed by atoms with Crippen molar-refractivity contribution in [3.63, 3.8) is 0 Å². The molecule has 14 heavy (non-hydrogen) atoms. The number of thiophene rings is 1. The molecule has 2 aromatic rings. The highest BCUT2D eigenvalue weighted by molar-refractivity contribution is 7.71. The molecule has 2 rings (SSSR count). The number of nitrogens with zero attached hydrogens (tertiary/aromatic N) is 2. The highest BCUT2D eigenvalue weighted by Crippen LogP contribution is 2.25. The van der Waals surface area contributed by atoms with E-state index >= 15 is 0 Å². The first-order valence-corrected chi connectivity index (χ1v) is 5.65. The van der Waals surface area contributed by atoms with E-state index in [0.717, 1.165) is 17.1 Å². The van der Waals surface area contributed by atoms with Crippen LogP contribution in [0, 0.1) is 4.77 Å². The molecule has 2 heterocycles. The summed E-state index contributed by atoms with van der Waals surface area (Å²) in [5.74, 6) is 0.863. The van der Waals surface area contributed by atoms with Gasteiger partial charge < -0.3 is 0 Å². The first kappa shape index (κ1) is 9.61. The van der Waals surface area contributed by atoms with Crippen LogP contribution in [0.1, 0.15) is 11.8 Å². The lowest BCUT2D eigenvalue weighted by molar-refractivity contribution is 0.756. The Kier molecular flexibility index (Phi) is 2.52. The molecule has 0 saturated heterocycles. The Balaban J connectivity index is 2.44. The van der Waals surface area contributed by atoms with Crippen molar-refractivity contribution >= 4 is 23.6 Å². The molecule has 0 aromatic carbocycles. The zero-order valence-electron chi connectivity index (χ0n) is 8.07. The highest BCUT2D eigenvalue weighted by atomic mass is 32.1. The van der Waals surface area contributed by atoms with Gasteiger partial charge in [-0.1, -0.05) is 6.92 Å². The molecule has 0 saturated carbocycles. The summed E-state index contributed by atoms with van der Waals surface area (Å²) in [6.07, 6.45) is 1.07. The fourth-order valence-corrected chi connectivity index (χ4v) is 2.23. The van der Waals surface area contributed by atoms with Crippen molar-refractivity contribution in [3.05, 3.63) is 21.8 Å². The van der Waals surface area contributed by atoms with Gasteiger partial charge in [-0.2, -0.15) is 4.98 Å². The van der Waals surface area contributed by atoms with Gasteiger partial charge in [-0.15, -0.1) is 11.3 Å². The molecule has 5 heteroatoms. The van der Waals surface area contributed by atoms with Crippen LogP contribution >= 0.6 is 23.6 Å². The first-order valence-electron chi connectivity index (χ1n) is 4.43. The Labute approximate surface area is 91.4 Å². The van der Waals surface area contributed by atoms with Gasteiger partial charge in [-0.3, -0.25) is 9.78 Å². The maximum absolute atomic E-state index is 5.03. The monoisotopic (exact) mass is 225 g/mol. The molecule has 0 aliphatic carbocycles. The van der Waals surface area contributed by atoms with Crippen LogP contribution < -0.4 is 0 Å². The van der Waals surface area contributed by atoms with Crippen molar-refractivity contribution in [3.8, 4) is 10.7 Å². The second kappa shape index (κ2) is 3.67. The predicted molar refractivity (Wildman–Crippen MR) is 61.1 cm³/mol. The Bertz CT molecular complexity index is 492. The summed E-state index contributed by atoms with van der Waals surface area (Å²) in [5, 5.41) is 3.11. The van der Waals surface area contributed by atoms with E-state index in [1.807, 2.05) is 7.05 Å². The number of aryl methyl sites for hydroxylation is 2. The van der Waals surface area contributed by atoms with Gasteiger partial charge in [0.2, 0.25) is 4.77 Å². The quantitative estimate of drug-likeness (QED) is 0.797. The van der Waals surface area contributed by atoms with Crippen LogP contribution in [0.5, 0.6) is 0 Å². The second-order valence-electron chi connectivity index (χ2n) is 3.03. The van der Waals surface area contributed by atoms with Crippen molar-refractivity contribution in [2.45, 2.75) is 13.3 Å². The molecule has 0 unspecified atom stereocenters. The number of nitrogens with one attached hydrogen (secondary N) is 1. The van der Waals surface area contributed by atoms with Gasteiger partial charge in [-0.25, -0.2) is 0 Å². The molecule has 0 atom stereocenters. The molecule has 0 radical (unpaired) electrons. The Hall–Kier alpha value is -0.940. The van der Waals surface area contributed by atoms with Gasteiger partial charge in [-0.05, 0) is 30.8 Å². The smallest absolute Gasteiger partial charge is 0.216 e. The summed E-state index contributed by atoms with van der Waals surface area (Å²) in [6, 6.07) is 4.21. The largest absolute Gasteiger partial charge is 0.279 e. The average molecular weight is 225 g/mol. The normalized spacial score (nSPS) is 10.7. The Morgan fingerprint density at radius 2 is 2.36 bits per heavy atom. The Morgan fingerprint density at radius 1 is 1.57 bits per heavy atom. The lowest BCUT2D eigenvalue weighted by Crippen LogP contribution is -1.88. The second-order valence-corrected chi connectivity index (χ2v) is 4.57. The topological polar surface area (TPSA) is 33.6 Å². The van der Waals surface area contributed by atoms with Crippen LogP contribution in [-0.2, 0) is 13.5 Å². The molecule has 0 aliphatic heterocycles. The summed E-state index contributed by atoms with van der Waals surface area (Å²) in [5.41, 5.74) is 0. The minimum absolute atomic E-state index is 0.589. The number of aromatic nitrogens is 3. The highest BCUT2D eigenvalue weighted by Gasteiger charge is 2.05. The summed E-state index contributed by atoms with van der Waals surface area (Å²) < 4.78 is 2.34. The number of rotatable bonds is 2. The van der Waals surface area contributed by atoms with Crippen LogP contribution in [0.2, 0.25) is 0 Å². The molecular formula is C9H11N3S2. The summed E-state index contributed by atoms with van der Waals surface area (Å²) in [4.78, 5) is 6.77. The van der Waals surface area contributed by atoms with Crippen LogP contribution in [0.15, 0.2) is 12.1 Å². The number of hydrogen-bond acceptors (Lipinski definition) is 3. The van der Waals surface area contributed by atoms with Crippen molar-refractivity contribution in [1.29, 1.82) is 0 Å². The third-order valence-electron chi connectivity index (χ3n) is 2.01. The van der Waals surface area contributed by atoms with Gasteiger partial charge in [0, 0.05) is 11.9 Å². The average Bonchev–Trinajstić information content (AvgIpc) is 2.74. The van der Waals surface area contributed by atoms with Crippen molar-refractivity contribution in [2.24, 2.45) is 7.05 Å². The zero-order chi connectivity index (χ0) is 10.1. The Morgan fingerprint density at radius 3 is 2.86 bits per heavy atom. The minimum atomic E-state index is 0.589. The van der Waals surface area contributed by atoms with E-state index < -0.39 is 0 Å². The van der Waals surface area contributed by atoms with Crippen LogP contribution in [0.3, 0.4) is 0 Å². The number of hydrogen-bond donors (Lipinski definition) is 1. The van der Waals surface area contributed by atoms with Gasteiger partial charge in [0.15, 0.2) is 5.82 Å². The maximum atomic E-state index is 5.03. The summed E-state index contributed by atoms with van der Waals surface area (Å²) in [7, 11) is 1.87. The van der Waals surface area contributed by atoms with Gasteiger partial charge >= 0.3 is 0 Å². The molecule has 0 aliphatic rings. The number of aromatic amines is 1. The van der Waals surface area contributed by atoms with Gasteiger partial charge in [0.25, 0.3) is 0 Å². The molecule has 0 amide bonds. The third-order valence-corrected chi connectivity index (χ3v) is 3.61. The molecular weight excluding hydrogens is 214 g/mol. The van der Waals surface area contributed by atoms with E-state index in [4.69, 9.17) is 12.2 Å². The zero-order valence-corrected chi connectivity index (χ0v) is 9.71. The van der Waals surface area contributed by atoms with Crippen molar-refractivity contribution in [1.82, 2.24) is 14.8 Å². The molecule has 74 valence electrons. The molecule has 0 bridgehead atoms. The minimum Gasteiger partial charge on any atom is -0.279 e.